The van der Waals surface area contributed by atoms with E-state index in [0.717, 1.165) is 16.7 Å². The van der Waals surface area contributed by atoms with E-state index in [-0.39, 0.29) is 0 Å². The highest BCUT2D eigenvalue weighted by Gasteiger charge is 2.51. The molecule has 4 heterocycles. The summed E-state index contributed by atoms with van der Waals surface area (Å²) in [6.07, 6.45) is 4.71. The molecule has 0 saturated heterocycles. The van der Waals surface area contributed by atoms with Gasteiger partial charge in [0.1, 0.15) is 34.8 Å². The van der Waals surface area contributed by atoms with Crippen LogP contribution in [0.2, 0.25) is 0 Å². The first kappa shape index (κ1) is 27.1. The van der Waals surface area contributed by atoms with Crippen LogP contribution in [0.3, 0.4) is 0 Å². The predicted octanol–water partition coefficient (Wildman–Crippen LogP) is 5.85. The monoisotopic (exact) mass is 539 g/mol. The van der Waals surface area contributed by atoms with Gasteiger partial charge < -0.3 is 9.30 Å². The maximum absolute atomic E-state index is 13.6. The molecule has 0 N–H and O–H groups in total. The van der Waals surface area contributed by atoms with Crippen molar-refractivity contribution in [1.82, 2.24) is 34.4 Å². The lowest BCUT2D eigenvalue weighted by atomic mass is 9.85. The molecule has 1 aliphatic rings. The van der Waals surface area contributed by atoms with E-state index in [9.17, 15) is 9.59 Å². The third-order valence-corrected chi connectivity index (χ3v) is 6.91. The average molecular weight is 540 g/mol. The molecule has 0 aliphatic carbocycles. The Morgan fingerprint density at radius 2 is 1.80 bits per heavy atom. The van der Waals surface area contributed by atoms with Gasteiger partial charge in [-0.15, -0.1) is 6.58 Å². The molecule has 1 atom stereocenters. The van der Waals surface area contributed by atoms with E-state index in [1.165, 1.54) is 11.2 Å². The average Bonchev–Trinajstić information content (AvgIpc) is 3.35. The molecule has 1 aromatic carbocycles. The van der Waals surface area contributed by atoms with Gasteiger partial charge in [-0.05, 0) is 72.6 Å². The van der Waals surface area contributed by atoms with Gasteiger partial charge in [-0.2, -0.15) is 0 Å². The van der Waals surface area contributed by atoms with Crippen molar-refractivity contribution in [1.29, 1.82) is 0 Å². The Morgan fingerprint density at radius 3 is 2.42 bits per heavy atom. The second kappa shape index (κ2) is 9.62. The number of imide groups is 1. The number of amides is 2. The first-order valence-electron chi connectivity index (χ1n) is 13.2. The molecule has 3 aromatic heterocycles. The Morgan fingerprint density at radius 1 is 1.10 bits per heavy atom. The van der Waals surface area contributed by atoms with E-state index in [4.69, 9.17) is 9.72 Å². The number of nitrogens with zero attached hydrogens (tertiary/aromatic N) is 7. The van der Waals surface area contributed by atoms with Crippen LogP contribution < -0.4 is 0 Å². The number of aromatic nitrogens is 6. The Balaban J connectivity index is 1.67. The van der Waals surface area contributed by atoms with Gasteiger partial charge in [0.05, 0.1) is 11.1 Å². The van der Waals surface area contributed by atoms with Gasteiger partial charge in [0, 0.05) is 30.1 Å². The smallest absolute Gasteiger partial charge is 0.418 e. The van der Waals surface area contributed by atoms with Crippen molar-refractivity contribution in [3.63, 3.8) is 0 Å². The van der Waals surface area contributed by atoms with E-state index in [2.05, 4.69) is 26.5 Å². The third-order valence-electron chi connectivity index (χ3n) is 6.91. The molecule has 0 radical (unpaired) electrons. The van der Waals surface area contributed by atoms with E-state index < -0.39 is 23.1 Å². The number of rotatable bonds is 5. The molecule has 2 amide bonds. The number of imidazole rings is 1. The van der Waals surface area contributed by atoms with Crippen molar-refractivity contribution in [3.05, 3.63) is 66.0 Å². The normalized spacial score (nSPS) is 16.9. The lowest BCUT2D eigenvalue weighted by molar-refractivity contribution is 0.00675. The van der Waals surface area contributed by atoms with Crippen LogP contribution in [0.4, 0.5) is 4.79 Å². The summed E-state index contributed by atoms with van der Waals surface area (Å²) in [6, 6.07) is 5.49. The lowest BCUT2D eigenvalue weighted by Gasteiger charge is -2.36. The van der Waals surface area contributed by atoms with E-state index >= 15 is 0 Å². The first-order chi connectivity index (χ1) is 18.8. The summed E-state index contributed by atoms with van der Waals surface area (Å²) in [5.74, 6) is 0.970. The van der Waals surface area contributed by atoms with E-state index in [1.54, 1.807) is 39.2 Å². The van der Waals surface area contributed by atoms with Crippen LogP contribution in [0.15, 0.2) is 49.1 Å². The molecule has 10 heteroatoms. The van der Waals surface area contributed by atoms with Crippen LogP contribution in [-0.2, 0) is 16.8 Å². The molecular weight excluding hydrogens is 506 g/mol. The van der Waals surface area contributed by atoms with Crippen molar-refractivity contribution in [2.75, 3.05) is 0 Å². The van der Waals surface area contributed by atoms with Gasteiger partial charge in [0.2, 0.25) is 0 Å². The lowest BCUT2D eigenvalue weighted by Crippen LogP contribution is -2.48. The Bertz CT molecular complexity index is 1670. The van der Waals surface area contributed by atoms with Crippen molar-refractivity contribution in [2.24, 2.45) is 0 Å². The van der Waals surface area contributed by atoms with Crippen LogP contribution in [0.5, 0.6) is 0 Å². The van der Waals surface area contributed by atoms with Gasteiger partial charge in [0.15, 0.2) is 5.65 Å². The van der Waals surface area contributed by atoms with Gasteiger partial charge in [-0.25, -0.2) is 34.6 Å². The second-order valence-corrected chi connectivity index (χ2v) is 11.4. The van der Waals surface area contributed by atoms with Crippen molar-refractivity contribution >= 4 is 23.2 Å². The van der Waals surface area contributed by atoms with Crippen LogP contribution in [0.1, 0.15) is 69.7 Å². The molecular formula is C30H33N7O3. The molecule has 0 spiro atoms. The van der Waals surface area contributed by atoms with Crippen molar-refractivity contribution < 1.29 is 14.3 Å². The largest absolute Gasteiger partial charge is 0.443 e. The first-order valence-corrected chi connectivity index (χ1v) is 13.2. The number of hydrogen-bond acceptors (Lipinski definition) is 8. The third kappa shape index (κ3) is 4.53. The molecule has 10 nitrogen and oxygen atoms in total. The summed E-state index contributed by atoms with van der Waals surface area (Å²) in [4.78, 5) is 50.8. The molecule has 1 aliphatic heterocycles. The van der Waals surface area contributed by atoms with Gasteiger partial charge in [-0.3, -0.25) is 4.79 Å². The zero-order valence-electron chi connectivity index (χ0n) is 23.9. The predicted molar refractivity (Wildman–Crippen MR) is 151 cm³/mol. The fraction of sp³-hybridized carbons (Fsp3) is 0.367. The van der Waals surface area contributed by atoms with Gasteiger partial charge in [0.25, 0.3) is 5.91 Å². The van der Waals surface area contributed by atoms with Crippen molar-refractivity contribution in [3.8, 4) is 22.6 Å². The molecule has 206 valence electrons. The number of ether oxygens (including phenoxy) is 1. The highest BCUT2D eigenvalue weighted by atomic mass is 16.6. The summed E-state index contributed by atoms with van der Waals surface area (Å²) in [5.41, 5.74) is 3.69. The Hall–Kier alpha value is -4.47. The maximum Gasteiger partial charge on any atom is 0.418 e. The number of carbonyl (C=O) groups excluding carboxylic acids is 2. The number of fused-ring (bicyclic) bond motifs is 2. The summed E-state index contributed by atoms with van der Waals surface area (Å²) >= 11 is 0. The van der Waals surface area contributed by atoms with Gasteiger partial charge >= 0.3 is 6.09 Å². The summed E-state index contributed by atoms with van der Waals surface area (Å²) in [6.45, 7) is 17.7. The van der Waals surface area contributed by atoms with Crippen molar-refractivity contribution in [2.45, 2.75) is 72.6 Å². The molecule has 4 aromatic rings. The summed E-state index contributed by atoms with van der Waals surface area (Å²) < 4.78 is 7.64. The van der Waals surface area contributed by atoms with Crippen LogP contribution in [0, 0.1) is 6.92 Å². The minimum atomic E-state index is -0.990. The zero-order valence-corrected chi connectivity index (χ0v) is 23.9. The maximum atomic E-state index is 13.6. The summed E-state index contributed by atoms with van der Waals surface area (Å²) in [5, 5.41) is 0. The quantitative estimate of drug-likeness (QED) is 0.290. The Kier molecular flexibility index (Phi) is 6.52. The SMILES string of the molecule is C=C(C)CC1(C)c2cc(-c3ncnc4c3nc(-c3cnc(C)nc3)n4CC)ccc2C(=O)N1C(=O)OC(C)(C)C. The number of aryl methyl sites for hydroxylation is 2. The van der Waals surface area contributed by atoms with E-state index in [0.29, 0.717) is 52.6 Å². The zero-order chi connectivity index (χ0) is 29.0. The molecule has 40 heavy (non-hydrogen) atoms. The highest BCUT2D eigenvalue weighted by molar-refractivity contribution is 6.08. The summed E-state index contributed by atoms with van der Waals surface area (Å²) in [7, 11) is 0. The van der Waals surface area contributed by atoms with Gasteiger partial charge in [-0.1, -0.05) is 11.6 Å². The van der Waals surface area contributed by atoms with Crippen LogP contribution in [-0.4, -0.2) is 52.0 Å². The standard InChI is InChI=1S/C30H33N7O3/c1-9-36-25(20-14-31-18(4)32-15-20)35-24-23(33-16-34-26(24)36)19-10-11-21-22(12-19)30(8,13-17(2)3)37(27(21)38)28(39)40-29(5,6)7/h10-12,14-16H,2,9,13H2,1,3-8H3. The highest BCUT2D eigenvalue weighted by Crippen LogP contribution is 2.45. The fourth-order valence-corrected chi connectivity index (χ4v) is 5.32. The molecule has 0 saturated carbocycles. The van der Waals surface area contributed by atoms with Crippen LogP contribution >= 0.6 is 0 Å². The second-order valence-electron chi connectivity index (χ2n) is 11.4. The fourth-order valence-electron chi connectivity index (χ4n) is 5.32. The number of benzene rings is 1. The van der Waals surface area contributed by atoms with Crippen LogP contribution in [0.25, 0.3) is 33.8 Å². The molecule has 0 fully saturated rings. The molecule has 1 unspecified atom stereocenters. The molecule has 5 rings (SSSR count). The number of carbonyl (C=O) groups is 2. The minimum absolute atomic E-state index is 0.385. The number of hydrogen-bond donors (Lipinski definition) is 0. The minimum Gasteiger partial charge on any atom is -0.443 e. The molecule has 0 bridgehead atoms. The van der Waals surface area contributed by atoms with E-state index in [1.807, 2.05) is 44.4 Å². The topological polar surface area (TPSA) is 116 Å². The Labute approximate surface area is 233 Å².